The zero-order valence-electron chi connectivity index (χ0n) is 11.7. The number of halogens is 1. The third kappa shape index (κ3) is 4.58. The van der Waals surface area contributed by atoms with Gasteiger partial charge in [-0.1, -0.05) is 19.9 Å². The molecule has 0 radical (unpaired) electrons. The molecular formula is C15H19FN2OS. The predicted octanol–water partition coefficient (Wildman–Crippen LogP) is 3.61. The first-order valence-electron chi connectivity index (χ1n) is 6.64. The van der Waals surface area contributed by atoms with E-state index in [9.17, 15) is 4.39 Å². The van der Waals surface area contributed by atoms with Crippen LogP contribution in [0.4, 0.5) is 4.39 Å². The molecule has 2 rings (SSSR count). The number of rotatable bonds is 7. The Bertz CT molecular complexity index is 529. The Balaban J connectivity index is 1.88. The summed E-state index contributed by atoms with van der Waals surface area (Å²) in [6, 6.07) is 5.09. The van der Waals surface area contributed by atoms with E-state index in [-0.39, 0.29) is 11.6 Å². The number of aromatic nitrogens is 1. The van der Waals surface area contributed by atoms with Gasteiger partial charge in [-0.3, -0.25) is 4.98 Å². The minimum Gasteiger partial charge on any atom is -0.485 e. The lowest BCUT2D eigenvalue weighted by Gasteiger charge is -2.10. The molecule has 0 bridgehead atoms. The number of benzene rings is 1. The highest BCUT2D eigenvalue weighted by molar-refractivity contribution is 7.09. The summed E-state index contributed by atoms with van der Waals surface area (Å²) in [7, 11) is 0. The van der Waals surface area contributed by atoms with Gasteiger partial charge in [0.15, 0.2) is 11.6 Å². The molecule has 0 atom stereocenters. The number of hydrogen-bond acceptors (Lipinski definition) is 4. The average Bonchev–Trinajstić information content (AvgIpc) is 2.90. The molecule has 5 heteroatoms. The smallest absolute Gasteiger partial charge is 0.165 e. The molecule has 3 nitrogen and oxygen atoms in total. The van der Waals surface area contributed by atoms with Crippen molar-refractivity contribution < 1.29 is 9.13 Å². The Labute approximate surface area is 122 Å². The monoisotopic (exact) mass is 294 g/mol. The first-order valence-corrected chi connectivity index (χ1v) is 7.52. The lowest BCUT2D eigenvalue weighted by Crippen LogP contribution is -2.19. The standard InChI is InChI=1S/C15H19FN2OS/c1-11(2)6-17-7-12-3-4-15(14(16)5-12)19-9-13-8-18-10-20-13/h3-5,8,10-11,17H,6-7,9H2,1-2H3. The normalized spacial score (nSPS) is 11.0. The fourth-order valence-electron chi connectivity index (χ4n) is 1.74. The van der Waals surface area contributed by atoms with Gasteiger partial charge in [0, 0.05) is 12.7 Å². The molecule has 0 saturated carbocycles. The maximum Gasteiger partial charge on any atom is 0.165 e. The van der Waals surface area contributed by atoms with Gasteiger partial charge in [0.25, 0.3) is 0 Å². The van der Waals surface area contributed by atoms with Crippen LogP contribution in [0, 0.1) is 11.7 Å². The first-order chi connectivity index (χ1) is 9.65. The van der Waals surface area contributed by atoms with Crippen LogP contribution in [0.3, 0.4) is 0 Å². The lowest BCUT2D eigenvalue weighted by molar-refractivity contribution is 0.293. The molecule has 1 N–H and O–H groups in total. The summed E-state index contributed by atoms with van der Waals surface area (Å²) < 4.78 is 19.4. The molecule has 0 unspecified atom stereocenters. The highest BCUT2D eigenvalue weighted by Gasteiger charge is 2.06. The summed E-state index contributed by atoms with van der Waals surface area (Å²) in [5.74, 6) is 0.547. The van der Waals surface area contributed by atoms with Crippen LogP contribution in [0.15, 0.2) is 29.9 Å². The van der Waals surface area contributed by atoms with Crippen molar-refractivity contribution in [3.8, 4) is 5.75 Å². The van der Waals surface area contributed by atoms with E-state index in [1.165, 1.54) is 17.4 Å². The molecule has 20 heavy (non-hydrogen) atoms. The molecule has 0 saturated heterocycles. The van der Waals surface area contributed by atoms with E-state index in [2.05, 4.69) is 24.1 Å². The van der Waals surface area contributed by atoms with Crippen LogP contribution in [0.5, 0.6) is 5.75 Å². The Morgan fingerprint density at radius 2 is 2.25 bits per heavy atom. The zero-order chi connectivity index (χ0) is 14.4. The molecule has 2 aromatic rings. The molecule has 0 spiro atoms. The van der Waals surface area contributed by atoms with Crippen LogP contribution in [-0.4, -0.2) is 11.5 Å². The zero-order valence-corrected chi connectivity index (χ0v) is 12.5. The molecule has 0 fully saturated rings. The van der Waals surface area contributed by atoms with Gasteiger partial charge in [0.05, 0.1) is 10.4 Å². The quantitative estimate of drug-likeness (QED) is 0.847. The van der Waals surface area contributed by atoms with E-state index in [1.807, 2.05) is 6.07 Å². The fourth-order valence-corrected chi connectivity index (χ4v) is 2.24. The molecule has 0 aliphatic carbocycles. The second kappa shape index (κ2) is 7.36. The Kier molecular flexibility index (Phi) is 5.49. The second-order valence-electron chi connectivity index (χ2n) is 5.05. The summed E-state index contributed by atoms with van der Waals surface area (Å²) in [5.41, 5.74) is 2.66. The van der Waals surface area contributed by atoms with Crippen LogP contribution in [0.1, 0.15) is 24.3 Å². The fraction of sp³-hybridized carbons (Fsp3) is 0.400. The van der Waals surface area contributed by atoms with Crippen molar-refractivity contribution in [3.05, 3.63) is 46.2 Å². The van der Waals surface area contributed by atoms with Gasteiger partial charge in [-0.2, -0.15) is 0 Å². The Morgan fingerprint density at radius 3 is 2.90 bits per heavy atom. The molecule has 1 aromatic carbocycles. The van der Waals surface area contributed by atoms with Gasteiger partial charge in [-0.05, 0) is 30.2 Å². The van der Waals surface area contributed by atoms with Crippen LogP contribution in [0.2, 0.25) is 0 Å². The van der Waals surface area contributed by atoms with Crippen LogP contribution in [0.25, 0.3) is 0 Å². The Morgan fingerprint density at radius 1 is 1.40 bits per heavy atom. The number of ether oxygens (including phenoxy) is 1. The van der Waals surface area contributed by atoms with Crippen molar-refractivity contribution in [1.82, 2.24) is 10.3 Å². The Hall–Kier alpha value is -1.46. The van der Waals surface area contributed by atoms with Gasteiger partial charge in [-0.25, -0.2) is 4.39 Å². The summed E-state index contributed by atoms with van der Waals surface area (Å²) >= 11 is 1.50. The minimum atomic E-state index is -0.321. The molecule has 108 valence electrons. The number of nitrogens with zero attached hydrogens (tertiary/aromatic N) is 1. The van der Waals surface area contributed by atoms with E-state index >= 15 is 0 Å². The van der Waals surface area contributed by atoms with Crippen molar-refractivity contribution in [2.75, 3.05) is 6.54 Å². The molecule has 1 aromatic heterocycles. The van der Waals surface area contributed by atoms with E-state index in [1.54, 1.807) is 17.8 Å². The molecule has 1 heterocycles. The van der Waals surface area contributed by atoms with Gasteiger partial charge >= 0.3 is 0 Å². The molecule has 0 amide bonds. The van der Waals surface area contributed by atoms with E-state index in [0.29, 0.717) is 19.1 Å². The van der Waals surface area contributed by atoms with Crippen LogP contribution >= 0.6 is 11.3 Å². The number of nitrogens with one attached hydrogen (secondary N) is 1. The lowest BCUT2D eigenvalue weighted by atomic mass is 10.2. The summed E-state index contributed by atoms with van der Waals surface area (Å²) in [4.78, 5) is 4.93. The SMILES string of the molecule is CC(C)CNCc1ccc(OCc2cncs2)c(F)c1. The van der Waals surface area contributed by atoms with Crippen molar-refractivity contribution >= 4 is 11.3 Å². The first kappa shape index (κ1) is 14.9. The van der Waals surface area contributed by atoms with Gasteiger partial charge in [-0.15, -0.1) is 11.3 Å². The summed E-state index contributed by atoms with van der Waals surface area (Å²) in [6.07, 6.45) is 1.73. The molecule has 0 aliphatic heterocycles. The van der Waals surface area contributed by atoms with Crippen LogP contribution < -0.4 is 10.1 Å². The van der Waals surface area contributed by atoms with Crippen molar-refractivity contribution in [2.45, 2.75) is 27.0 Å². The maximum atomic E-state index is 13.9. The topological polar surface area (TPSA) is 34.1 Å². The highest BCUT2D eigenvalue weighted by Crippen LogP contribution is 2.20. The second-order valence-corrected chi connectivity index (χ2v) is 6.02. The van der Waals surface area contributed by atoms with E-state index < -0.39 is 0 Å². The van der Waals surface area contributed by atoms with Gasteiger partial charge < -0.3 is 10.1 Å². The minimum absolute atomic E-state index is 0.283. The maximum absolute atomic E-state index is 13.9. The van der Waals surface area contributed by atoms with Gasteiger partial charge in [0.1, 0.15) is 6.61 Å². The highest BCUT2D eigenvalue weighted by atomic mass is 32.1. The van der Waals surface area contributed by atoms with Crippen molar-refractivity contribution in [2.24, 2.45) is 5.92 Å². The van der Waals surface area contributed by atoms with E-state index in [0.717, 1.165) is 17.0 Å². The third-order valence-corrected chi connectivity index (χ3v) is 3.48. The predicted molar refractivity (Wildman–Crippen MR) is 79.4 cm³/mol. The average molecular weight is 294 g/mol. The van der Waals surface area contributed by atoms with Gasteiger partial charge in [0.2, 0.25) is 0 Å². The van der Waals surface area contributed by atoms with Crippen molar-refractivity contribution in [3.63, 3.8) is 0 Å². The summed E-state index contributed by atoms with van der Waals surface area (Å²) in [5, 5.41) is 3.29. The number of thiazole rings is 1. The largest absolute Gasteiger partial charge is 0.485 e. The van der Waals surface area contributed by atoms with E-state index in [4.69, 9.17) is 4.74 Å². The number of hydrogen-bond donors (Lipinski definition) is 1. The van der Waals surface area contributed by atoms with Crippen LogP contribution in [-0.2, 0) is 13.2 Å². The molecule has 0 aliphatic rings. The summed E-state index contributed by atoms with van der Waals surface area (Å²) in [6.45, 7) is 6.23. The van der Waals surface area contributed by atoms with Crippen molar-refractivity contribution in [1.29, 1.82) is 0 Å². The molecular weight excluding hydrogens is 275 g/mol. The third-order valence-electron chi connectivity index (χ3n) is 2.73.